The number of carbonyl (C=O) groups is 2. The minimum absolute atomic E-state index is 0.0804. The van der Waals surface area contributed by atoms with Gasteiger partial charge in [-0.05, 0) is 39.5 Å². The van der Waals surface area contributed by atoms with Crippen LogP contribution in [0.4, 0.5) is 0 Å². The Morgan fingerprint density at radius 2 is 2.24 bits per heavy atom. The Morgan fingerprint density at radius 3 is 2.81 bits per heavy atom. The molecule has 0 aliphatic carbocycles. The Labute approximate surface area is 125 Å². The summed E-state index contributed by atoms with van der Waals surface area (Å²) in [4.78, 5) is 25.1. The number of hydrogen-bond acceptors (Lipinski definition) is 4. The van der Waals surface area contributed by atoms with Gasteiger partial charge in [0.1, 0.15) is 6.10 Å². The van der Waals surface area contributed by atoms with Crippen LogP contribution in [0.5, 0.6) is 0 Å². The van der Waals surface area contributed by atoms with Crippen LogP contribution in [0, 0.1) is 5.41 Å². The summed E-state index contributed by atoms with van der Waals surface area (Å²) in [6.45, 7) is 5.34. The van der Waals surface area contributed by atoms with Crippen LogP contribution in [0.3, 0.4) is 0 Å². The van der Waals surface area contributed by atoms with Crippen molar-refractivity contribution in [2.24, 2.45) is 5.41 Å². The summed E-state index contributed by atoms with van der Waals surface area (Å²) in [6.07, 6.45) is 3.23. The van der Waals surface area contributed by atoms with Crippen molar-refractivity contribution in [2.75, 3.05) is 26.3 Å². The van der Waals surface area contributed by atoms with E-state index in [1.807, 2.05) is 0 Å². The second-order valence-corrected chi connectivity index (χ2v) is 6.34. The number of ether oxygens (including phenoxy) is 2. The molecule has 2 aliphatic heterocycles. The highest BCUT2D eigenvalue weighted by atomic mass is 16.5. The van der Waals surface area contributed by atoms with Crippen LogP contribution in [0.25, 0.3) is 0 Å². The summed E-state index contributed by atoms with van der Waals surface area (Å²) < 4.78 is 11.2. The Hall–Kier alpha value is -1.14. The number of hydrogen-bond donors (Lipinski definition) is 1. The number of carboxylic acids is 1. The smallest absolute Gasteiger partial charge is 0.311 e. The van der Waals surface area contributed by atoms with Crippen molar-refractivity contribution in [3.63, 3.8) is 0 Å². The number of aliphatic carboxylic acids is 1. The predicted molar refractivity (Wildman–Crippen MR) is 75.9 cm³/mol. The van der Waals surface area contributed by atoms with Gasteiger partial charge in [-0.1, -0.05) is 0 Å². The molecule has 1 N–H and O–H groups in total. The maximum Gasteiger partial charge on any atom is 0.311 e. The zero-order valence-corrected chi connectivity index (χ0v) is 12.8. The lowest BCUT2D eigenvalue weighted by Gasteiger charge is -2.26. The second-order valence-electron chi connectivity index (χ2n) is 6.34. The van der Waals surface area contributed by atoms with Crippen molar-refractivity contribution in [2.45, 2.75) is 51.7 Å². The molecule has 0 bridgehead atoms. The van der Waals surface area contributed by atoms with Crippen molar-refractivity contribution in [1.82, 2.24) is 4.90 Å². The van der Waals surface area contributed by atoms with Crippen molar-refractivity contribution in [3.05, 3.63) is 0 Å². The third-order valence-electron chi connectivity index (χ3n) is 4.46. The molecule has 6 nitrogen and oxygen atoms in total. The predicted octanol–water partition coefficient (Wildman–Crippen LogP) is 1.28. The van der Waals surface area contributed by atoms with Gasteiger partial charge >= 0.3 is 5.97 Å². The van der Waals surface area contributed by atoms with Crippen molar-refractivity contribution in [3.8, 4) is 0 Å². The molecular formula is C15H25NO5. The molecule has 0 unspecified atom stereocenters. The fraction of sp³-hybridized carbons (Fsp3) is 0.867. The monoisotopic (exact) mass is 299 g/mol. The zero-order chi connectivity index (χ0) is 15.5. The topological polar surface area (TPSA) is 76.1 Å². The molecular weight excluding hydrogens is 274 g/mol. The summed E-state index contributed by atoms with van der Waals surface area (Å²) in [6, 6.07) is 0. The second kappa shape index (κ2) is 6.75. The number of likely N-dealkylation sites (tertiary alicyclic amines) is 1. The molecule has 2 rings (SSSR count). The number of carboxylic acid groups (broad SMARTS) is 1. The maximum atomic E-state index is 12.3. The van der Waals surface area contributed by atoms with Gasteiger partial charge in [-0.25, -0.2) is 0 Å². The van der Waals surface area contributed by atoms with Crippen LogP contribution >= 0.6 is 0 Å². The SMILES string of the molecule is C[C@H](OC[C@@H]1CCCCO1)C(=O)N1CC[C@@](C)(C(=O)O)C1. The lowest BCUT2D eigenvalue weighted by atomic mass is 9.90. The third kappa shape index (κ3) is 3.95. The molecule has 120 valence electrons. The summed E-state index contributed by atoms with van der Waals surface area (Å²) >= 11 is 0. The molecule has 3 atom stereocenters. The van der Waals surface area contributed by atoms with Gasteiger partial charge in [-0.15, -0.1) is 0 Å². The number of nitrogens with zero attached hydrogens (tertiary/aromatic N) is 1. The molecule has 2 saturated heterocycles. The normalized spacial score (nSPS) is 31.1. The highest BCUT2D eigenvalue weighted by molar-refractivity contribution is 5.83. The van der Waals surface area contributed by atoms with Gasteiger partial charge in [0.15, 0.2) is 0 Å². The molecule has 2 heterocycles. The molecule has 1 amide bonds. The average molecular weight is 299 g/mol. The molecule has 2 fully saturated rings. The van der Waals surface area contributed by atoms with Gasteiger partial charge < -0.3 is 19.5 Å². The summed E-state index contributed by atoms with van der Waals surface area (Å²) in [5, 5.41) is 9.20. The van der Waals surface area contributed by atoms with Gasteiger partial charge in [0.2, 0.25) is 0 Å². The minimum atomic E-state index is -0.845. The standard InChI is InChI=1S/C15H25NO5/c1-11(21-9-12-5-3-4-8-20-12)13(17)16-7-6-15(2,10-16)14(18)19/h11-12H,3-10H2,1-2H3,(H,18,19)/t11-,12-,15+/m0/s1. The largest absolute Gasteiger partial charge is 0.481 e. The van der Waals surface area contributed by atoms with E-state index in [2.05, 4.69) is 0 Å². The van der Waals surface area contributed by atoms with E-state index in [1.165, 1.54) is 0 Å². The lowest BCUT2D eigenvalue weighted by molar-refractivity contribution is -0.149. The third-order valence-corrected chi connectivity index (χ3v) is 4.46. The van der Waals surface area contributed by atoms with Crippen LogP contribution < -0.4 is 0 Å². The van der Waals surface area contributed by atoms with Gasteiger partial charge in [0.25, 0.3) is 5.91 Å². The molecule has 0 aromatic rings. The molecule has 0 aromatic carbocycles. The van der Waals surface area contributed by atoms with Gasteiger partial charge in [0, 0.05) is 19.7 Å². The highest BCUT2D eigenvalue weighted by Gasteiger charge is 2.43. The van der Waals surface area contributed by atoms with Gasteiger partial charge in [-0.2, -0.15) is 0 Å². The number of amides is 1. The van der Waals surface area contributed by atoms with Gasteiger partial charge in [0.05, 0.1) is 18.1 Å². The Morgan fingerprint density at radius 1 is 1.48 bits per heavy atom. The van der Waals surface area contributed by atoms with E-state index in [4.69, 9.17) is 9.47 Å². The average Bonchev–Trinajstić information content (AvgIpc) is 2.89. The maximum absolute atomic E-state index is 12.3. The van der Waals surface area contributed by atoms with E-state index in [9.17, 15) is 14.7 Å². The minimum Gasteiger partial charge on any atom is -0.481 e. The quantitative estimate of drug-likeness (QED) is 0.827. The number of carbonyl (C=O) groups excluding carboxylic acids is 1. The molecule has 0 saturated carbocycles. The first kappa shape index (κ1) is 16.2. The van der Waals surface area contributed by atoms with Crippen LogP contribution in [0.15, 0.2) is 0 Å². The van der Waals surface area contributed by atoms with Crippen LogP contribution in [0.2, 0.25) is 0 Å². The summed E-state index contributed by atoms with van der Waals surface area (Å²) in [5.74, 6) is -0.974. The zero-order valence-electron chi connectivity index (χ0n) is 12.8. The molecule has 6 heteroatoms. The van der Waals surface area contributed by atoms with E-state index in [0.29, 0.717) is 19.6 Å². The summed E-state index contributed by atoms with van der Waals surface area (Å²) in [7, 11) is 0. The molecule has 2 aliphatic rings. The highest BCUT2D eigenvalue weighted by Crippen LogP contribution is 2.30. The first-order chi connectivity index (χ1) is 9.92. The van der Waals surface area contributed by atoms with Crippen LogP contribution in [-0.2, 0) is 19.1 Å². The van der Waals surface area contributed by atoms with Crippen LogP contribution in [0.1, 0.15) is 39.5 Å². The van der Waals surface area contributed by atoms with Gasteiger partial charge in [-0.3, -0.25) is 9.59 Å². The Bertz CT molecular complexity index is 394. The van der Waals surface area contributed by atoms with E-state index < -0.39 is 17.5 Å². The Kier molecular flexibility index (Phi) is 5.22. The van der Waals surface area contributed by atoms with E-state index in [1.54, 1.807) is 18.7 Å². The summed E-state index contributed by atoms with van der Waals surface area (Å²) in [5.41, 5.74) is -0.831. The van der Waals surface area contributed by atoms with Crippen molar-refractivity contribution >= 4 is 11.9 Å². The fourth-order valence-electron chi connectivity index (χ4n) is 2.84. The molecule has 0 radical (unpaired) electrons. The first-order valence-corrected chi connectivity index (χ1v) is 7.68. The number of rotatable bonds is 5. The van der Waals surface area contributed by atoms with E-state index in [0.717, 1.165) is 25.9 Å². The van der Waals surface area contributed by atoms with Crippen LogP contribution in [-0.4, -0.2) is 60.4 Å². The first-order valence-electron chi connectivity index (χ1n) is 7.68. The van der Waals surface area contributed by atoms with E-state index in [-0.39, 0.29) is 18.6 Å². The molecule has 21 heavy (non-hydrogen) atoms. The van der Waals surface area contributed by atoms with Crippen molar-refractivity contribution < 1.29 is 24.2 Å². The van der Waals surface area contributed by atoms with E-state index >= 15 is 0 Å². The van der Waals surface area contributed by atoms with Crippen molar-refractivity contribution in [1.29, 1.82) is 0 Å². The lowest BCUT2D eigenvalue weighted by Crippen LogP contribution is -2.41. The fourth-order valence-corrected chi connectivity index (χ4v) is 2.84. The molecule has 0 spiro atoms. The Balaban J connectivity index is 1.78. The molecule has 0 aromatic heterocycles.